The van der Waals surface area contributed by atoms with E-state index in [1.54, 1.807) is 16.5 Å². The van der Waals surface area contributed by atoms with Gasteiger partial charge in [0.05, 0.1) is 7.11 Å². The molecule has 0 atom stereocenters. The van der Waals surface area contributed by atoms with Crippen molar-refractivity contribution >= 4 is 38.7 Å². The van der Waals surface area contributed by atoms with Gasteiger partial charge in [-0.25, -0.2) is 0 Å². The Balaban J connectivity index is 2.29. The van der Waals surface area contributed by atoms with Gasteiger partial charge >= 0.3 is 5.97 Å². The van der Waals surface area contributed by atoms with E-state index >= 15 is 0 Å². The number of hydrogen-bond acceptors (Lipinski definition) is 3. The minimum atomic E-state index is -0.359. The van der Waals surface area contributed by atoms with Gasteiger partial charge in [-0.2, -0.15) is 0 Å². The zero-order valence-corrected chi connectivity index (χ0v) is 14.1. The highest BCUT2D eigenvalue weighted by Crippen LogP contribution is 2.32. The molecule has 0 bridgehead atoms. The molecule has 0 aliphatic carbocycles. The molecular weight excluding hydrogens is 348 g/mol. The first-order chi connectivity index (χ1) is 10.5. The molecule has 0 saturated carbocycles. The Morgan fingerprint density at radius 3 is 2.91 bits per heavy atom. The maximum Gasteiger partial charge on any atom is 0.325 e. The molecule has 1 aliphatic rings. The first-order valence-corrected chi connectivity index (χ1v) is 7.95. The number of methoxy groups -OCH3 is 1. The second-order valence-corrected chi connectivity index (χ2v) is 6.40. The van der Waals surface area contributed by atoms with Crippen LogP contribution in [0.5, 0.6) is 0 Å². The molecule has 0 radical (unpaired) electrons. The highest BCUT2D eigenvalue weighted by molar-refractivity contribution is 9.10. The van der Waals surface area contributed by atoms with E-state index in [0.717, 1.165) is 40.3 Å². The fourth-order valence-corrected chi connectivity index (χ4v) is 3.39. The van der Waals surface area contributed by atoms with Crippen LogP contribution >= 0.6 is 15.9 Å². The minimum Gasteiger partial charge on any atom is -0.468 e. The van der Waals surface area contributed by atoms with Crippen LogP contribution in [0.25, 0.3) is 10.9 Å². The summed E-state index contributed by atoms with van der Waals surface area (Å²) in [6.45, 7) is 0.769. The van der Waals surface area contributed by atoms with Gasteiger partial charge in [-0.05, 0) is 36.6 Å². The molecule has 1 aromatic heterocycles. The minimum absolute atomic E-state index is 0.0382. The molecule has 0 fully saturated rings. The molecule has 1 amide bonds. The van der Waals surface area contributed by atoms with Crippen molar-refractivity contribution in [1.82, 2.24) is 9.47 Å². The van der Waals surface area contributed by atoms with Crippen molar-refractivity contribution in [2.45, 2.75) is 19.4 Å². The number of rotatable bonds is 2. The summed E-state index contributed by atoms with van der Waals surface area (Å²) in [4.78, 5) is 26.2. The molecule has 5 nitrogen and oxygen atoms in total. The van der Waals surface area contributed by atoms with E-state index in [1.807, 2.05) is 18.2 Å². The van der Waals surface area contributed by atoms with Crippen molar-refractivity contribution in [1.29, 1.82) is 0 Å². The van der Waals surface area contributed by atoms with E-state index in [-0.39, 0.29) is 18.4 Å². The Hall–Kier alpha value is -1.82. The molecule has 1 aromatic carbocycles. The zero-order valence-electron chi connectivity index (χ0n) is 12.6. The van der Waals surface area contributed by atoms with Gasteiger partial charge in [0.2, 0.25) is 0 Å². The van der Waals surface area contributed by atoms with Crippen molar-refractivity contribution in [3.63, 3.8) is 0 Å². The van der Waals surface area contributed by atoms with Crippen molar-refractivity contribution in [2.75, 3.05) is 20.7 Å². The summed E-state index contributed by atoms with van der Waals surface area (Å²) in [5.74, 6) is -0.397. The highest BCUT2D eigenvalue weighted by Gasteiger charge is 2.28. The van der Waals surface area contributed by atoms with E-state index in [9.17, 15) is 9.59 Å². The van der Waals surface area contributed by atoms with Gasteiger partial charge in [0.15, 0.2) is 0 Å². The standard InChI is InChI=1S/C16H17BrN2O3/c1-18-7-3-4-11-12-8-10(17)5-6-13(12)19(9-14(20)22-2)15(11)16(18)21/h5-6,8H,3-4,7,9H2,1-2H3. The number of carbonyl (C=O) groups excluding carboxylic acids is 2. The van der Waals surface area contributed by atoms with E-state index in [0.29, 0.717) is 5.69 Å². The number of aromatic nitrogens is 1. The summed E-state index contributed by atoms with van der Waals surface area (Å²) >= 11 is 3.48. The molecule has 2 aromatic rings. The Labute approximate surface area is 137 Å². The molecule has 3 rings (SSSR count). The number of aryl methyl sites for hydroxylation is 1. The number of carbonyl (C=O) groups is 2. The van der Waals surface area contributed by atoms with Crippen LogP contribution in [0.3, 0.4) is 0 Å². The maximum atomic E-state index is 12.7. The van der Waals surface area contributed by atoms with Crippen molar-refractivity contribution in [2.24, 2.45) is 0 Å². The number of halogens is 1. The van der Waals surface area contributed by atoms with E-state index in [1.165, 1.54) is 7.11 Å². The van der Waals surface area contributed by atoms with Crippen LogP contribution in [0, 0.1) is 0 Å². The van der Waals surface area contributed by atoms with Crippen LogP contribution in [0.15, 0.2) is 22.7 Å². The SMILES string of the molecule is COC(=O)Cn1c2c(c3cc(Br)ccc31)CCCN(C)C2=O. The summed E-state index contributed by atoms with van der Waals surface area (Å²) in [5.41, 5.74) is 2.52. The lowest BCUT2D eigenvalue weighted by atomic mass is 10.1. The third-order valence-electron chi connectivity index (χ3n) is 4.11. The highest BCUT2D eigenvalue weighted by atomic mass is 79.9. The van der Waals surface area contributed by atoms with Crippen LogP contribution < -0.4 is 0 Å². The molecule has 116 valence electrons. The van der Waals surface area contributed by atoms with Crippen molar-refractivity contribution in [3.05, 3.63) is 33.9 Å². The Morgan fingerprint density at radius 1 is 1.41 bits per heavy atom. The Morgan fingerprint density at radius 2 is 2.18 bits per heavy atom. The van der Waals surface area contributed by atoms with Crippen LogP contribution in [-0.2, 0) is 22.5 Å². The van der Waals surface area contributed by atoms with Gasteiger partial charge in [0, 0.05) is 29.0 Å². The van der Waals surface area contributed by atoms with Gasteiger partial charge in [0.1, 0.15) is 12.2 Å². The average Bonchev–Trinajstić information content (AvgIpc) is 2.70. The summed E-state index contributed by atoms with van der Waals surface area (Å²) in [5, 5.41) is 1.02. The summed E-state index contributed by atoms with van der Waals surface area (Å²) < 4.78 is 7.53. The lowest BCUT2D eigenvalue weighted by molar-refractivity contribution is -0.141. The second-order valence-electron chi connectivity index (χ2n) is 5.48. The first-order valence-electron chi connectivity index (χ1n) is 7.16. The monoisotopic (exact) mass is 364 g/mol. The number of hydrogen-bond donors (Lipinski definition) is 0. The predicted octanol–water partition coefficient (Wildman–Crippen LogP) is 2.60. The largest absolute Gasteiger partial charge is 0.468 e. The number of fused-ring (bicyclic) bond motifs is 3. The Bertz CT molecular complexity index is 766. The normalized spacial score (nSPS) is 14.9. The van der Waals surface area contributed by atoms with Gasteiger partial charge in [-0.15, -0.1) is 0 Å². The molecule has 0 unspecified atom stereocenters. The van der Waals surface area contributed by atoms with E-state index in [2.05, 4.69) is 15.9 Å². The second kappa shape index (κ2) is 5.76. The van der Waals surface area contributed by atoms with Crippen molar-refractivity contribution in [3.8, 4) is 0 Å². The van der Waals surface area contributed by atoms with E-state index < -0.39 is 0 Å². The first kappa shape index (κ1) is 15.1. The molecule has 2 heterocycles. The van der Waals surface area contributed by atoms with Crippen molar-refractivity contribution < 1.29 is 14.3 Å². The molecule has 1 aliphatic heterocycles. The quantitative estimate of drug-likeness (QED) is 0.769. The predicted molar refractivity (Wildman–Crippen MR) is 86.9 cm³/mol. The molecule has 22 heavy (non-hydrogen) atoms. The number of amides is 1. The number of nitrogens with zero attached hydrogens (tertiary/aromatic N) is 2. The third-order valence-corrected chi connectivity index (χ3v) is 4.61. The molecule has 0 N–H and O–H groups in total. The fourth-order valence-electron chi connectivity index (χ4n) is 3.03. The van der Waals surface area contributed by atoms with Gasteiger partial charge in [0.25, 0.3) is 5.91 Å². The molecule has 6 heteroatoms. The lowest BCUT2D eigenvalue weighted by Crippen LogP contribution is -2.29. The third kappa shape index (κ3) is 2.41. The van der Waals surface area contributed by atoms with Gasteiger partial charge in [-0.3, -0.25) is 9.59 Å². The lowest BCUT2D eigenvalue weighted by Gasteiger charge is -2.16. The molecular formula is C16H17BrN2O3. The van der Waals surface area contributed by atoms with Crippen LogP contribution in [0.2, 0.25) is 0 Å². The number of benzene rings is 1. The average molecular weight is 365 g/mol. The van der Waals surface area contributed by atoms with Gasteiger partial charge in [-0.1, -0.05) is 15.9 Å². The van der Waals surface area contributed by atoms with Crippen LogP contribution in [0.1, 0.15) is 22.5 Å². The number of esters is 1. The smallest absolute Gasteiger partial charge is 0.325 e. The zero-order chi connectivity index (χ0) is 15.9. The summed E-state index contributed by atoms with van der Waals surface area (Å²) in [7, 11) is 3.16. The fraction of sp³-hybridized carbons (Fsp3) is 0.375. The van der Waals surface area contributed by atoms with Crippen LogP contribution in [0.4, 0.5) is 0 Å². The maximum absolute atomic E-state index is 12.7. The molecule has 0 spiro atoms. The van der Waals surface area contributed by atoms with E-state index in [4.69, 9.17) is 4.74 Å². The Kier molecular flexibility index (Phi) is 3.95. The molecule has 0 saturated heterocycles. The van der Waals surface area contributed by atoms with Crippen LogP contribution in [-0.4, -0.2) is 42.0 Å². The number of ether oxygens (including phenoxy) is 1. The summed E-state index contributed by atoms with van der Waals surface area (Å²) in [6, 6.07) is 5.87. The van der Waals surface area contributed by atoms with Gasteiger partial charge < -0.3 is 14.2 Å². The topological polar surface area (TPSA) is 51.5 Å². The summed E-state index contributed by atoms with van der Waals surface area (Å²) in [6.07, 6.45) is 1.74.